The number of hydrogen-bond donors (Lipinski definition) is 3. The number of halogens is 2. The zero-order valence-corrected chi connectivity index (χ0v) is 12.9. The highest BCUT2D eigenvalue weighted by atomic mass is 35.5. The van der Waals surface area contributed by atoms with Crippen LogP contribution in [0.25, 0.3) is 0 Å². The molecule has 1 aliphatic rings. The van der Waals surface area contributed by atoms with Gasteiger partial charge in [0.1, 0.15) is 0 Å². The first-order chi connectivity index (χ1) is 10.7. The molecule has 2 atom stereocenters. The van der Waals surface area contributed by atoms with Crippen molar-refractivity contribution < 1.29 is 28.3 Å². The summed E-state index contributed by atoms with van der Waals surface area (Å²) in [5, 5.41) is 0.523. The van der Waals surface area contributed by atoms with Crippen LogP contribution in [-0.2, 0) is 19.1 Å². The Kier molecular flexibility index (Phi) is 7.01. The van der Waals surface area contributed by atoms with E-state index in [-0.39, 0.29) is 25.3 Å². The van der Waals surface area contributed by atoms with Crippen LogP contribution in [0.5, 0.6) is 0 Å². The van der Waals surface area contributed by atoms with Gasteiger partial charge in [-0.05, 0) is 12.3 Å². The monoisotopic (exact) mass is 352 g/mol. The number of alkyl halides is 2. The zero-order valence-electron chi connectivity index (χ0n) is 12.2. The first-order valence-electron chi connectivity index (χ1n) is 6.85. The smallest absolute Gasteiger partial charge is 0.405 e. The highest BCUT2D eigenvalue weighted by Crippen LogP contribution is 2.34. The Hall–Kier alpha value is -2.10. The van der Waals surface area contributed by atoms with Crippen molar-refractivity contribution in [1.29, 1.82) is 0 Å². The van der Waals surface area contributed by atoms with Crippen molar-refractivity contribution in [2.75, 3.05) is 6.54 Å². The summed E-state index contributed by atoms with van der Waals surface area (Å²) in [6.07, 6.45) is -0.708. The average Bonchev–Trinajstić information content (AvgIpc) is 3.24. The molecular formula is C12H18ClFN4O5. The number of primary amides is 2. The van der Waals surface area contributed by atoms with E-state index in [1.807, 2.05) is 0 Å². The van der Waals surface area contributed by atoms with E-state index in [1.54, 1.807) is 0 Å². The third kappa shape index (κ3) is 7.13. The minimum atomic E-state index is -2.41. The van der Waals surface area contributed by atoms with Gasteiger partial charge < -0.3 is 16.2 Å². The van der Waals surface area contributed by atoms with E-state index in [4.69, 9.17) is 27.8 Å². The van der Waals surface area contributed by atoms with Crippen molar-refractivity contribution in [1.82, 2.24) is 10.4 Å². The number of hydrogen-bond acceptors (Lipinski definition) is 5. The quantitative estimate of drug-likeness (QED) is 0.399. The summed E-state index contributed by atoms with van der Waals surface area (Å²) in [4.78, 5) is 45.3. The summed E-state index contributed by atoms with van der Waals surface area (Å²) >= 11 is 5.05. The van der Waals surface area contributed by atoms with Gasteiger partial charge in [-0.25, -0.2) is 14.2 Å². The van der Waals surface area contributed by atoms with Gasteiger partial charge in [0.2, 0.25) is 5.91 Å². The van der Waals surface area contributed by atoms with Gasteiger partial charge in [0, 0.05) is 6.42 Å². The molecular weight excluding hydrogens is 335 g/mol. The minimum Gasteiger partial charge on any atom is -0.436 e. The molecule has 0 bridgehead atoms. The van der Waals surface area contributed by atoms with Crippen LogP contribution in [0.2, 0.25) is 0 Å². The van der Waals surface area contributed by atoms with Crippen LogP contribution in [0.3, 0.4) is 0 Å². The summed E-state index contributed by atoms with van der Waals surface area (Å²) in [5.74, 6) is -2.69. The molecule has 0 aliphatic heterocycles. The van der Waals surface area contributed by atoms with E-state index in [0.717, 1.165) is 12.8 Å². The lowest BCUT2D eigenvalue weighted by Gasteiger charge is -2.25. The van der Waals surface area contributed by atoms with E-state index >= 15 is 0 Å². The number of amides is 4. The topological polar surface area (TPSA) is 145 Å². The first-order valence-corrected chi connectivity index (χ1v) is 7.28. The number of nitrogens with two attached hydrogens (primary N) is 2. The number of carbonyl (C=O) groups excluding carboxylic acids is 4. The number of nitrogens with zero attached hydrogens (tertiary/aromatic N) is 1. The van der Waals surface area contributed by atoms with Gasteiger partial charge in [-0.3, -0.25) is 19.8 Å². The number of rotatable bonds is 8. The Morgan fingerprint density at radius 3 is 2.35 bits per heavy atom. The highest BCUT2D eigenvalue weighted by Gasteiger charge is 2.33. The Bertz CT molecular complexity index is 486. The molecule has 5 N–H and O–H groups in total. The Balaban J connectivity index is 2.72. The lowest BCUT2D eigenvalue weighted by Crippen LogP contribution is -2.53. The number of carbonyl (C=O) groups is 4. The van der Waals surface area contributed by atoms with Gasteiger partial charge >= 0.3 is 6.09 Å². The summed E-state index contributed by atoms with van der Waals surface area (Å²) in [5.41, 5.74) is 9.50. The molecule has 0 radical (unpaired) electrons. The lowest BCUT2D eigenvalue weighted by atomic mass is 10.1. The van der Waals surface area contributed by atoms with E-state index in [0.29, 0.717) is 5.01 Å². The van der Waals surface area contributed by atoms with E-state index in [9.17, 15) is 23.6 Å². The van der Waals surface area contributed by atoms with Crippen LogP contribution in [-0.4, -0.2) is 47.1 Å². The van der Waals surface area contributed by atoms with E-state index in [2.05, 4.69) is 5.43 Å². The van der Waals surface area contributed by atoms with Gasteiger partial charge in [0.05, 0.1) is 6.54 Å². The van der Waals surface area contributed by atoms with Crippen molar-refractivity contribution in [3.8, 4) is 0 Å². The van der Waals surface area contributed by atoms with Crippen LogP contribution in [0.1, 0.15) is 25.7 Å². The molecule has 4 amide bonds. The average molecular weight is 353 g/mol. The van der Waals surface area contributed by atoms with Gasteiger partial charge in [-0.15, -0.1) is 0 Å². The molecule has 1 rings (SSSR count). The van der Waals surface area contributed by atoms with Crippen LogP contribution < -0.4 is 16.9 Å². The maximum Gasteiger partial charge on any atom is 0.405 e. The van der Waals surface area contributed by atoms with Crippen LogP contribution in [0.15, 0.2) is 0 Å². The molecule has 0 aromatic carbocycles. The predicted molar refractivity (Wildman–Crippen MR) is 76.2 cm³/mol. The SMILES string of the molecule is NC(=O)CCN(NC(=O)[C@H](CC1CC1)OC(N)=O)C(=O)C(F)Cl. The summed E-state index contributed by atoms with van der Waals surface area (Å²) in [6, 6.07) is 0. The fourth-order valence-corrected chi connectivity index (χ4v) is 1.89. The second-order valence-corrected chi connectivity index (χ2v) is 5.47. The predicted octanol–water partition coefficient (Wildman–Crippen LogP) is -0.480. The molecule has 1 saturated carbocycles. The molecule has 0 saturated heterocycles. The van der Waals surface area contributed by atoms with Crippen molar-refractivity contribution in [2.45, 2.75) is 37.4 Å². The molecule has 1 unspecified atom stereocenters. The molecule has 0 heterocycles. The number of ether oxygens (including phenoxy) is 1. The maximum absolute atomic E-state index is 13.0. The van der Waals surface area contributed by atoms with E-state index < -0.39 is 35.5 Å². The maximum atomic E-state index is 13.0. The molecule has 23 heavy (non-hydrogen) atoms. The zero-order chi connectivity index (χ0) is 17.6. The third-order valence-electron chi connectivity index (χ3n) is 3.07. The molecule has 0 spiro atoms. The second kappa shape index (κ2) is 8.51. The Morgan fingerprint density at radius 2 is 1.91 bits per heavy atom. The van der Waals surface area contributed by atoms with Gasteiger partial charge in [-0.1, -0.05) is 24.4 Å². The van der Waals surface area contributed by atoms with Crippen molar-refractivity contribution in [3.05, 3.63) is 0 Å². The van der Waals surface area contributed by atoms with Crippen LogP contribution in [0, 0.1) is 5.92 Å². The van der Waals surface area contributed by atoms with Crippen LogP contribution >= 0.6 is 11.6 Å². The lowest BCUT2D eigenvalue weighted by molar-refractivity contribution is -0.147. The molecule has 11 heteroatoms. The van der Waals surface area contributed by atoms with Crippen LogP contribution in [0.4, 0.5) is 9.18 Å². The molecule has 1 aliphatic carbocycles. The largest absolute Gasteiger partial charge is 0.436 e. The van der Waals surface area contributed by atoms with E-state index in [1.165, 1.54) is 0 Å². The van der Waals surface area contributed by atoms with Gasteiger partial charge in [0.25, 0.3) is 17.4 Å². The van der Waals surface area contributed by atoms with Crippen molar-refractivity contribution >= 4 is 35.4 Å². The molecule has 1 fully saturated rings. The normalized spacial score (nSPS) is 16.1. The summed E-state index contributed by atoms with van der Waals surface area (Å²) < 4.78 is 17.7. The first kappa shape index (κ1) is 18.9. The Morgan fingerprint density at radius 1 is 1.30 bits per heavy atom. The molecule has 0 aromatic rings. The third-order valence-corrected chi connectivity index (χ3v) is 3.26. The summed E-state index contributed by atoms with van der Waals surface area (Å²) in [7, 11) is 0. The molecule has 9 nitrogen and oxygen atoms in total. The Labute approximate surface area is 136 Å². The molecule has 0 aromatic heterocycles. The number of hydrazine groups is 1. The number of nitrogens with one attached hydrogen (secondary N) is 1. The fourth-order valence-electron chi connectivity index (χ4n) is 1.77. The van der Waals surface area contributed by atoms with Crippen molar-refractivity contribution in [3.63, 3.8) is 0 Å². The highest BCUT2D eigenvalue weighted by molar-refractivity contribution is 6.29. The molecule has 130 valence electrons. The van der Waals surface area contributed by atoms with Crippen molar-refractivity contribution in [2.24, 2.45) is 17.4 Å². The minimum absolute atomic E-state index is 0.210. The second-order valence-electron chi connectivity index (χ2n) is 5.09. The summed E-state index contributed by atoms with van der Waals surface area (Å²) in [6.45, 7) is -0.375. The van der Waals surface area contributed by atoms with Gasteiger partial charge in [-0.2, -0.15) is 0 Å². The fraction of sp³-hybridized carbons (Fsp3) is 0.667. The van der Waals surface area contributed by atoms with Gasteiger partial charge in [0.15, 0.2) is 6.10 Å². The standard InChI is InChI=1S/C12H18ClFN4O5/c13-9(14)11(21)18(4-3-8(15)19)17-10(20)7(23-12(16)22)5-6-1-2-6/h6-7,9H,1-5H2,(H2,15,19)(H2,16,22)(H,17,20)/t7-,9?/m0/s1.